The van der Waals surface area contributed by atoms with Crippen molar-refractivity contribution in [3.63, 3.8) is 0 Å². The van der Waals surface area contributed by atoms with Crippen LogP contribution in [-0.4, -0.2) is 23.2 Å². The van der Waals surface area contributed by atoms with Crippen LogP contribution in [0.15, 0.2) is 36.5 Å². The molecule has 0 spiro atoms. The van der Waals surface area contributed by atoms with Gasteiger partial charge in [0.15, 0.2) is 0 Å². The van der Waals surface area contributed by atoms with Crippen molar-refractivity contribution in [1.82, 2.24) is 10.2 Å². The molecule has 0 saturated carbocycles. The molecule has 0 bridgehead atoms. The highest BCUT2D eigenvalue weighted by atomic mass is 16.5. The molecule has 0 fully saturated rings. The number of H-pyrrole nitrogens is 1. The largest absolute Gasteiger partial charge is 0.497 e. The van der Waals surface area contributed by atoms with Gasteiger partial charge in [-0.15, -0.1) is 0 Å². The number of aromatic amines is 1. The van der Waals surface area contributed by atoms with E-state index in [1.165, 1.54) is 0 Å². The number of rotatable bonds is 4. The third-order valence-electron chi connectivity index (χ3n) is 2.30. The molecular formula is C12H13N3O2. The summed E-state index contributed by atoms with van der Waals surface area (Å²) in [5.41, 5.74) is 0.933. The Morgan fingerprint density at radius 3 is 2.71 bits per heavy atom. The number of methoxy groups -OCH3 is 1. The van der Waals surface area contributed by atoms with Gasteiger partial charge < -0.3 is 10.1 Å². The molecule has 1 amide bonds. The van der Waals surface area contributed by atoms with Gasteiger partial charge in [-0.2, -0.15) is 5.10 Å². The average molecular weight is 231 g/mol. The zero-order chi connectivity index (χ0) is 12.1. The van der Waals surface area contributed by atoms with Gasteiger partial charge in [0.25, 0.3) is 0 Å². The van der Waals surface area contributed by atoms with Crippen LogP contribution in [0, 0.1) is 0 Å². The number of ether oxygens (including phenoxy) is 1. The SMILES string of the molecule is COc1ccc(CC(=O)Nc2ccn[nH]2)cc1. The molecule has 0 radical (unpaired) electrons. The predicted molar refractivity (Wildman–Crippen MR) is 63.9 cm³/mol. The van der Waals surface area contributed by atoms with Crippen molar-refractivity contribution in [2.24, 2.45) is 0 Å². The van der Waals surface area contributed by atoms with E-state index in [0.717, 1.165) is 11.3 Å². The second-order valence-corrected chi connectivity index (χ2v) is 3.54. The Balaban J connectivity index is 1.93. The molecule has 0 aliphatic rings. The molecule has 88 valence electrons. The summed E-state index contributed by atoms with van der Waals surface area (Å²) >= 11 is 0. The Morgan fingerprint density at radius 2 is 2.12 bits per heavy atom. The topological polar surface area (TPSA) is 67.0 Å². The van der Waals surface area contributed by atoms with E-state index in [-0.39, 0.29) is 5.91 Å². The zero-order valence-corrected chi connectivity index (χ0v) is 9.43. The lowest BCUT2D eigenvalue weighted by Crippen LogP contribution is -2.14. The second kappa shape index (κ2) is 5.16. The second-order valence-electron chi connectivity index (χ2n) is 3.54. The van der Waals surface area contributed by atoms with E-state index in [4.69, 9.17) is 4.74 Å². The third-order valence-corrected chi connectivity index (χ3v) is 2.30. The number of anilines is 1. The van der Waals surface area contributed by atoms with Gasteiger partial charge >= 0.3 is 0 Å². The summed E-state index contributed by atoms with van der Waals surface area (Å²) in [6, 6.07) is 9.10. The standard InChI is InChI=1S/C12H13N3O2/c1-17-10-4-2-9(3-5-10)8-12(16)14-11-6-7-13-15-11/h2-7H,8H2,1H3,(H2,13,14,15,16). The van der Waals surface area contributed by atoms with Crippen molar-refractivity contribution < 1.29 is 9.53 Å². The van der Waals surface area contributed by atoms with Gasteiger partial charge in [-0.05, 0) is 17.7 Å². The number of hydrogen-bond acceptors (Lipinski definition) is 3. The number of aromatic nitrogens is 2. The first-order chi connectivity index (χ1) is 8.28. The van der Waals surface area contributed by atoms with E-state index in [1.807, 2.05) is 24.3 Å². The number of amides is 1. The Kier molecular flexibility index (Phi) is 3.40. The molecule has 2 N–H and O–H groups in total. The molecule has 5 heteroatoms. The van der Waals surface area contributed by atoms with Crippen LogP contribution in [0.3, 0.4) is 0 Å². The van der Waals surface area contributed by atoms with Crippen molar-refractivity contribution in [3.05, 3.63) is 42.1 Å². The van der Waals surface area contributed by atoms with Crippen LogP contribution in [0.2, 0.25) is 0 Å². The van der Waals surface area contributed by atoms with Gasteiger partial charge in [-0.1, -0.05) is 12.1 Å². The van der Waals surface area contributed by atoms with Gasteiger partial charge in [0.2, 0.25) is 5.91 Å². The molecule has 1 heterocycles. The fourth-order valence-electron chi connectivity index (χ4n) is 1.45. The predicted octanol–water partition coefficient (Wildman–Crippen LogP) is 1.60. The number of carbonyl (C=O) groups is 1. The van der Waals surface area contributed by atoms with Gasteiger partial charge in [0, 0.05) is 6.07 Å². The lowest BCUT2D eigenvalue weighted by Gasteiger charge is -2.04. The van der Waals surface area contributed by atoms with Crippen molar-refractivity contribution in [3.8, 4) is 5.75 Å². The van der Waals surface area contributed by atoms with Crippen molar-refractivity contribution >= 4 is 11.7 Å². The van der Waals surface area contributed by atoms with E-state index < -0.39 is 0 Å². The minimum absolute atomic E-state index is 0.0839. The first-order valence-corrected chi connectivity index (χ1v) is 5.20. The van der Waals surface area contributed by atoms with Gasteiger partial charge in [-0.3, -0.25) is 9.89 Å². The lowest BCUT2D eigenvalue weighted by atomic mass is 10.1. The van der Waals surface area contributed by atoms with Crippen LogP contribution in [0.4, 0.5) is 5.82 Å². The van der Waals surface area contributed by atoms with Crippen molar-refractivity contribution in [2.45, 2.75) is 6.42 Å². The highest BCUT2D eigenvalue weighted by Crippen LogP contribution is 2.12. The van der Waals surface area contributed by atoms with E-state index in [9.17, 15) is 4.79 Å². The molecule has 17 heavy (non-hydrogen) atoms. The number of nitrogens with zero attached hydrogens (tertiary/aromatic N) is 1. The van der Waals surface area contributed by atoms with Crippen LogP contribution in [-0.2, 0) is 11.2 Å². The Hall–Kier alpha value is -2.30. The quantitative estimate of drug-likeness (QED) is 0.839. The molecule has 0 aliphatic heterocycles. The van der Waals surface area contributed by atoms with Crippen LogP contribution < -0.4 is 10.1 Å². The summed E-state index contributed by atoms with van der Waals surface area (Å²) in [5, 5.41) is 9.13. The highest BCUT2D eigenvalue weighted by molar-refractivity contribution is 5.91. The number of benzene rings is 1. The number of hydrogen-bond donors (Lipinski definition) is 2. The van der Waals surface area contributed by atoms with Gasteiger partial charge in [0.1, 0.15) is 11.6 Å². The molecule has 2 aromatic rings. The normalized spacial score (nSPS) is 9.94. The molecule has 2 rings (SSSR count). The fourth-order valence-corrected chi connectivity index (χ4v) is 1.45. The number of nitrogens with one attached hydrogen (secondary N) is 2. The summed E-state index contributed by atoms with van der Waals surface area (Å²) < 4.78 is 5.05. The van der Waals surface area contributed by atoms with Crippen LogP contribution >= 0.6 is 0 Å². The summed E-state index contributed by atoms with van der Waals surface area (Å²) in [6.07, 6.45) is 1.91. The summed E-state index contributed by atoms with van der Waals surface area (Å²) in [4.78, 5) is 11.6. The summed E-state index contributed by atoms with van der Waals surface area (Å²) in [6.45, 7) is 0. The van der Waals surface area contributed by atoms with E-state index in [0.29, 0.717) is 12.2 Å². The molecule has 0 atom stereocenters. The molecule has 1 aromatic carbocycles. The van der Waals surface area contributed by atoms with Crippen LogP contribution in [0.5, 0.6) is 5.75 Å². The molecule has 1 aromatic heterocycles. The maximum atomic E-state index is 11.6. The smallest absolute Gasteiger partial charge is 0.229 e. The molecule has 5 nitrogen and oxygen atoms in total. The minimum Gasteiger partial charge on any atom is -0.497 e. The van der Waals surface area contributed by atoms with Gasteiger partial charge in [-0.25, -0.2) is 0 Å². The monoisotopic (exact) mass is 231 g/mol. The minimum atomic E-state index is -0.0839. The van der Waals surface area contributed by atoms with Crippen LogP contribution in [0.1, 0.15) is 5.56 Å². The zero-order valence-electron chi connectivity index (χ0n) is 9.43. The van der Waals surface area contributed by atoms with Gasteiger partial charge in [0.05, 0.1) is 19.7 Å². The first kappa shape index (κ1) is 11.2. The lowest BCUT2D eigenvalue weighted by molar-refractivity contribution is -0.115. The highest BCUT2D eigenvalue weighted by Gasteiger charge is 2.04. The third kappa shape index (κ3) is 3.07. The maximum absolute atomic E-state index is 11.6. The molecular weight excluding hydrogens is 218 g/mol. The Bertz CT molecular complexity index is 477. The molecule has 0 unspecified atom stereocenters. The Morgan fingerprint density at radius 1 is 1.35 bits per heavy atom. The van der Waals surface area contributed by atoms with Crippen molar-refractivity contribution in [1.29, 1.82) is 0 Å². The van der Waals surface area contributed by atoms with E-state index >= 15 is 0 Å². The Labute approximate surface area is 98.8 Å². The average Bonchev–Trinajstić information content (AvgIpc) is 2.82. The van der Waals surface area contributed by atoms with E-state index in [1.54, 1.807) is 19.4 Å². The number of carbonyl (C=O) groups excluding carboxylic acids is 1. The molecule has 0 saturated heterocycles. The summed E-state index contributed by atoms with van der Waals surface area (Å²) in [7, 11) is 1.61. The fraction of sp³-hybridized carbons (Fsp3) is 0.167. The van der Waals surface area contributed by atoms with Crippen LogP contribution in [0.25, 0.3) is 0 Å². The van der Waals surface area contributed by atoms with E-state index in [2.05, 4.69) is 15.5 Å². The maximum Gasteiger partial charge on any atom is 0.229 e. The first-order valence-electron chi connectivity index (χ1n) is 5.20. The van der Waals surface area contributed by atoms with Crippen molar-refractivity contribution in [2.75, 3.05) is 12.4 Å². The molecule has 0 aliphatic carbocycles. The summed E-state index contributed by atoms with van der Waals surface area (Å²) in [5.74, 6) is 1.30.